The molecule has 19 heavy (non-hydrogen) atoms. The zero-order chi connectivity index (χ0) is 14.7. The highest BCUT2D eigenvalue weighted by molar-refractivity contribution is 9.10. The monoisotopic (exact) mass is 370 g/mol. The quantitative estimate of drug-likeness (QED) is 0.791. The third-order valence-electron chi connectivity index (χ3n) is 3.30. The van der Waals surface area contributed by atoms with Crippen LogP contribution in [0.25, 0.3) is 0 Å². The number of hydrogen-bond acceptors (Lipinski definition) is 5. The smallest absolute Gasteiger partial charge is 0.235 e. The van der Waals surface area contributed by atoms with Crippen LogP contribution in [0.2, 0.25) is 0 Å². The topological polar surface area (TPSA) is 76.9 Å². The van der Waals surface area contributed by atoms with Crippen molar-refractivity contribution in [2.24, 2.45) is 7.05 Å². The molecule has 0 aliphatic rings. The van der Waals surface area contributed by atoms with Gasteiger partial charge in [-0.05, 0) is 35.0 Å². The Hall–Kier alpha value is -0.120. The van der Waals surface area contributed by atoms with Crippen LogP contribution in [0.1, 0.15) is 26.7 Å². The van der Waals surface area contributed by atoms with Gasteiger partial charge in [0.1, 0.15) is 0 Å². The molecule has 0 saturated carbocycles. The average molecular weight is 371 g/mol. The van der Waals surface area contributed by atoms with E-state index >= 15 is 0 Å². The van der Waals surface area contributed by atoms with E-state index in [0.29, 0.717) is 6.54 Å². The van der Waals surface area contributed by atoms with E-state index < -0.39 is 10.0 Å². The fraction of sp³-hybridized carbons (Fsp3) is 0.800. The molecule has 0 fully saturated rings. The van der Waals surface area contributed by atoms with Gasteiger partial charge in [0.15, 0.2) is 4.60 Å². The van der Waals surface area contributed by atoms with Crippen LogP contribution in [0.5, 0.6) is 0 Å². The van der Waals surface area contributed by atoms with Gasteiger partial charge in [-0.1, -0.05) is 19.1 Å². The molecule has 0 amide bonds. The number of aryl methyl sites for hydroxylation is 1. The minimum Gasteiger partial charge on any atom is -0.235 e. The summed E-state index contributed by atoms with van der Waals surface area (Å²) in [7, 11) is -2.06. The van der Waals surface area contributed by atoms with E-state index in [4.69, 9.17) is 0 Å². The first-order valence-electron chi connectivity index (χ1n) is 5.92. The van der Waals surface area contributed by atoms with Crippen molar-refractivity contribution in [1.82, 2.24) is 19.7 Å². The van der Waals surface area contributed by atoms with Gasteiger partial charge in [-0.25, -0.2) is 17.8 Å². The number of nitrogens with one attached hydrogen (secondary N) is 1. The summed E-state index contributed by atoms with van der Waals surface area (Å²) >= 11 is 4.79. The van der Waals surface area contributed by atoms with Gasteiger partial charge in [0.25, 0.3) is 10.0 Å². The fourth-order valence-corrected chi connectivity index (χ4v) is 4.87. The molecule has 0 spiro atoms. The van der Waals surface area contributed by atoms with Gasteiger partial charge in [-0.15, -0.1) is 5.10 Å². The van der Waals surface area contributed by atoms with Crippen molar-refractivity contribution in [1.29, 1.82) is 0 Å². The Labute approximate surface area is 126 Å². The minimum absolute atomic E-state index is 0.0507. The molecule has 0 aliphatic carbocycles. The average Bonchev–Trinajstić information content (AvgIpc) is 2.72. The molecule has 0 aromatic carbocycles. The molecule has 1 heterocycles. The van der Waals surface area contributed by atoms with E-state index in [9.17, 15) is 8.42 Å². The molecular formula is C10H19BrN4O2S2. The molecule has 0 saturated heterocycles. The SMILES string of the molecule is CCC(CC)(CNS(=O)(=O)c1c(Br)nnn1C)SC. The largest absolute Gasteiger partial charge is 0.260 e. The van der Waals surface area contributed by atoms with Crippen LogP contribution in [0.15, 0.2) is 9.63 Å². The van der Waals surface area contributed by atoms with Crippen molar-refractivity contribution in [3.8, 4) is 0 Å². The predicted molar refractivity (Wildman–Crippen MR) is 80.7 cm³/mol. The van der Waals surface area contributed by atoms with E-state index in [1.165, 1.54) is 4.68 Å². The predicted octanol–water partition coefficient (Wildman–Crippen LogP) is 1.78. The molecular weight excluding hydrogens is 352 g/mol. The van der Waals surface area contributed by atoms with Gasteiger partial charge in [0.05, 0.1) is 0 Å². The first-order chi connectivity index (χ1) is 8.82. The van der Waals surface area contributed by atoms with Gasteiger partial charge < -0.3 is 0 Å². The lowest BCUT2D eigenvalue weighted by atomic mass is 10.0. The van der Waals surface area contributed by atoms with Crippen LogP contribution in [0.4, 0.5) is 0 Å². The van der Waals surface area contributed by atoms with Crippen LogP contribution < -0.4 is 4.72 Å². The second kappa shape index (κ2) is 6.55. The van der Waals surface area contributed by atoms with Crippen molar-refractivity contribution >= 4 is 37.7 Å². The molecule has 0 atom stereocenters. The van der Waals surface area contributed by atoms with Crippen LogP contribution in [-0.2, 0) is 17.1 Å². The number of nitrogens with zero attached hydrogens (tertiary/aromatic N) is 3. The molecule has 0 bridgehead atoms. The van der Waals surface area contributed by atoms with E-state index in [-0.39, 0.29) is 14.4 Å². The zero-order valence-corrected chi connectivity index (χ0v) is 14.7. The van der Waals surface area contributed by atoms with Gasteiger partial charge >= 0.3 is 0 Å². The maximum absolute atomic E-state index is 12.3. The lowest BCUT2D eigenvalue weighted by Crippen LogP contribution is -2.40. The van der Waals surface area contributed by atoms with Crippen molar-refractivity contribution in [2.75, 3.05) is 12.8 Å². The van der Waals surface area contributed by atoms with Gasteiger partial charge in [0.2, 0.25) is 5.03 Å². The van der Waals surface area contributed by atoms with Crippen LogP contribution in [-0.4, -0.2) is 41.0 Å². The Morgan fingerprint density at radius 1 is 1.42 bits per heavy atom. The van der Waals surface area contributed by atoms with E-state index in [2.05, 4.69) is 44.8 Å². The number of thioether (sulfide) groups is 1. The number of halogens is 1. The van der Waals surface area contributed by atoms with E-state index in [1.807, 2.05) is 6.26 Å². The standard InChI is InChI=1S/C10H19BrN4O2S2/c1-5-10(6-2,18-4)7-12-19(16,17)9-8(11)13-14-15(9)3/h12H,5-7H2,1-4H3. The lowest BCUT2D eigenvalue weighted by Gasteiger charge is -2.29. The molecule has 110 valence electrons. The summed E-state index contributed by atoms with van der Waals surface area (Å²) < 4.78 is 28.6. The summed E-state index contributed by atoms with van der Waals surface area (Å²) in [6.45, 7) is 4.52. The minimum atomic E-state index is -3.61. The summed E-state index contributed by atoms with van der Waals surface area (Å²) in [6.07, 6.45) is 3.80. The highest BCUT2D eigenvalue weighted by Gasteiger charge is 2.30. The number of aromatic nitrogens is 3. The Morgan fingerprint density at radius 3 is 2.37 bits per heavy atom. The van der Waals surface area contributed by atoms with E-state index in [0.717, 1.165) is 12.8 Å². The Bertz CT molecular complexity index is 498. The Kier molecular flexibility index (Phi) is 5.84. The van der Waals surface area contributed by atoms with Gasteiger partial charge in [-0.3, -0.25) is 0 Å². The molecule has 6 nitrogen and oxygen atoms in total. The molecule has 0 unspecified atom stereocenters. The fourth-order valence-electron chi connectivity index (χ4n) is 1.76. The molecule has 9 heteroatoms. The molecule has 0 radical (unpaired) electrons. The number of sulfonamides is 1. The summed E-state index contributed by atoms with van der Waals surface area (Å²) in [4.78, 5) is 0. The third kappa shape index (κ3) is 3.71. The molecule has 1 rings (SSSR count). The second-order valence-corrected chi connectivity index (χ2v) is 7.94. The Morgan fingerprint density at radius 2 is 2.00 bits per heavy atom. The van der Waals surface area contributed by atoms with Crippen molar-refractivity contribution in [3.05, 3.63) is 4.60 Å². The lowest BCUT2D eigenvalue weighted by molar-refractivity contribution is 0.515. The van der Waals surface area contributed by atoms with Crippen LogP contribution >= 0.6 is 27.7 Å². The normalized spacial score (nSPS) is 12.9. The highest BCUT2D eigenvalue weighted by Crippen LogP contribution is 2.30. The van der Waals surface area contributed by atoms with Crippen LogP contribution in [0.3, 0.4) is 0 Å². The van der Waals surface area contributed by atoms with Crippen molar-refractivity contribution in [2.45, 2.75) is 36.5 Å². The summed E-state index contributed by atoms with van der Waals surface area (Å²) in [5.41, 5.74) is 0. The summed E-state index contributed by atoms with van der Waals surface area (Å²) in [5, 5.41) is 7.43. The van der Waals surface area contributed by atoms with E-state index in [1.54, 1.807) is 18.8 Å². The van der Waals surface area contributed by atoms with Crippen molar-refractivity contribution < 1.29 is 8.42 Å². The number of hydrogen-bond donors (Lipinski definition) is 1. The first kappa shape index (κ1) is 16.9. The summed E-state index contributed by atoms with van der Waals surface area (Å²) in [5.74, 6) is 0. The zero-order valence-electron chi connectivity index (χ0n) is 11.5. The maximum Gasteiger partial charge on any atom is 0.260 e. The third-order valence-corrected chi connectivity index (χ3v) is 7.17. The molecule has 1 aromatic rings. The first-order valence-corrected chi connectivity index (χ1v) is 9.42. The highest BCUT2D eigenvalue weighted by atomic mass is 79.9. The van der Waals surface area contributed by atoms with Gasteiger partial charge in [-0.2, -0.15) is 11.8 Å². The number of rotatable bonds is 7. The Balaban J connectivity index is 2.93. The second-order valence-electron chi connectivity index (χ2n) is 4.23. The molecule has 1 aromatic heterocycles. The van der Waals surface area contributed by atoms with Crippen LogP contribution in [0, 0.1) is 0 Å². The maximum atomic E-state index is 12.3. The summed E-state index contributed by atoms with van der Waals surface area (Å²) in [6, 6.07) is 0. The van der Waals surface area contributed by atoms with Crippen molar-refractivity contribution in [3.63, 3.8) is 0 Å². The molecule has 0 aliphatic heterocycles. The van der Waals surface area contributed by atoms with Gasteiger partial charge in [0, 0.05) is 18.3 Å². The molecule has 1 N–H and O–H groups in total.